The van der Waals surface area contributed by atoms with E-state index in [1.54, 1.807) is 13.8 Å². The molecule has 0 saturated carbocycles. The quantitative estimate of drug-likeness (QED) is 0.672. The van der Waals surface area contributed by atoms with Crippen LogP contribution in [0, 0.1) is 5.92 Å². The Labute approximate surface area is 97.9 Å². The zero-order chi connectivity index (χ0) is 12.2. The highest BCUT2D eigenvalue weighted by Crippen LogP contribution is 2.14. The van der Waals surface area contributed by atoms with Crippen molar-refractivity contribution in [3.63, 3.8) is 0 Å². The number of sulfone groups is 1. The lowest BCUT2D eigenvalue weighted by atomic mass is 10.00. The van der Waals surface area contributed by atoms with Gasteiger partial charge in [0, 0.05) is 19.0 Å². The molecule has 4 nitrogen and oxygen atoms in total. The molecule has 5 heteroatoms. The van der Waals surface area contributed by atoms with Gasteiger partial charge in [0.1, 0.15) is 6.29 Å². The number of likely N-dealkylation sites (tertiary alicyclic amines) is 1. The average molecular weight is 247 g/mol. The van der Waals surface area contributed by atoms with E-state index in [-0.39, 0.29) is 16.9 Å². The monoisotopic (exact) mass is 247 g/mol. The molecule has 16 heavy (non-hydrogen) atoms. The van der Waals surface area contributed by atoms with Gasteiger partial charge in [-0.25, -0.2) is 8.42 Å². The number of carbonyl (C=O) groups is 1. The first-order valence-corrected chi connectivity index (χ1v) is 7.56. The maximum absolute atomic E-state index is 11.6. The van der Waals surface area contributed by atoms with Gasteiger partial charge in [-0.15, -0.1) is 0 Å². The lowest BCUT2D eigenvalue weighted by molar-refractivity contribution is -0.112. The van der Waals surface area contributed by atoms with Crippen LogP contribution >= 0.6 is 0 Å². The van der Waals surface area contributed by atoms with Crippen molar-refractivity contribution < 1.29 is 13.2 Å². The largest absolute Gasteiger partial charge is 0.303 e. The van der Waals surface area contributed by atoms with Crippen molar-refractivity contribution in [2.45, 2.75) is 31.9 Å². The summed E-state index contributed by atoms with van der Waals surface area (Å²) in [6.07, 6.45) is 2.92. The summed E-state index contributed by atoms with van der Waals surface area (Å²) in [4.78, 5) is 12.8. The van der Waals surface area contributed by atoms with Crippen molar-refractivity contribution in [1.82, 2.24) is 4.90 Å². The molecule has 0 radical (unpaired) electrons. The Balaban J connectivity index is 2.41. The Morgan fingerprint density at radius 1 is 1.44 bits per heavy atom. The van der Waals surface area contributed by atoms with E-state index in [1.165, 1.54) is 0 Å². The van der Waals surface area contributed by atoms with Gasteiger partial charge in [-0.2, -0.15) is 0 Å². The molecule has 0 aromatic rings. The molecule has 0 spiro atoms. The van der Waals surface area contributed by atoms with Gasteiger partial charge < -0.3 is 9.69 Å². The van der Waals surface area contributed by atoms with Crippen molar-refractivity contribution in [2.75, 3.05) is 25.4 Å². The van der Waals surface area contributed by atoms with E-state index in [0.717, 1.165) is 32.2 Å². The Morgan fingerprint density at radius 3 is 2.69 bits per heavy atom. The highest BCUT2D eigenvalue weighted by Gasteiger charge is 2.22. The van der Waals surface area contributed by atoms with Crippen molar-refractivity contribution in [2.24, 2.45) is 5.92 Å². The molecule has 0 amide bonds. The summed E-state index contributed by atoms with van der Waals surface area (Å²) in [5.41, 5.74) is 0. The molecule has 0 bridgehead atoms. The smallest absolute Gasteiger partial charge is 0.153 e. The molecule has 94 valence electrons. The minimum absolute atomic E-state index is 0.0931. The van der Waals surface area contributed by atoms with Gasteiger partial charge in [-0.05, 0) is 33.2 Å². The second kappa shape index (κ2) is 5.77. The van der Waals surface area contributed by atoms with Crippen LogP contribution in [0.4, 0.5) is 0 Å². The third-order valence-corrected chi connectivity index (χ3v) is 5.33. The van der Waals surface area contributed by atoms with Crippen LogP contribution in [-0.4, -0.2) is 50.2 Å². The molecule has 0 N–H and O–H groups in total. The van der Waals surface area contributed by atoms with Gasteiger partial charge in [-0.3, -0.25) is 0 Å². The number of piperidine rings is 1. The highest BCUT2D eigenvalue weighted by molar-refractivity contribution is 7.92. The van der Waals surface area contributed by atoms with Gasteiger partial charge in [0.2, 0.25) is 0 Å². The third kappa shape index (κ3) is 3.87. The molecule has 1 atom stereocenters. The molecule has 1 unspecified atom stereocenters. The first-order valence-electron chi connectivity index (χ1n) is 5.85. The van der Waals surface area contributed by atoms with Crippen molar-refractivity contribution in [3.05, 3.63) is 0 Å². The molecule has 1 aliphatic heterocycles. The van der Waals surface area contributed by atoms with E-state index in [9.17, 15) is 13.2 Å². The number of hydrogen-bond donors (Lipinski definition) is 0. The maximum atomic E-state index is 11.6. The first kappa shape index (κ1) is 13.6. The zero-order valence-corrected chi connectivity index (χ0v) is 10.9. The van der Waals surface area contributed by atoms with Gasteiger partial charge >= 0.3 is 0 Å². The van der Waals surface area contributed by atoms with Gasteiger partial charge in [-0.1, -0.05) is 0 Å². The van der Waals surface area contributed by atoms with Crippen molar-refractivity contribution in [3.8, 4) is 0 Å². The summed E-state index contributed by atoms with van der Waals surface area (Å²) in [6.45, 7) is 5.61. The Kier molecular flexibility index (Phi) is 4.92. The molecule has 1 aliphatic rings. The van der Waals surface area contributed by atoms with E-state index < -0.39 is 9.84 Å². The van der Waals surface area contributed by atoms with Crippen LogP contribution in [0.1, 0.15) is 26.7 Å². The van der Waals surface area contributed by atoms with E-state index in [4.69, 9.17) is 0 Å². The molecule has 0 aliphatic carbocycles. The number of rotatable bonds is 5. The maximum Gasteiger partial charge on any atom is 0.153 e. The van der Waals surface area contributed by atoms with Crippen molar-refractivity contribution >= 4 is 16.1 Å². The number of carbonyl (C=O) groups excluding carboxylic acids is 1. The number of nitrogens with zero attached hydrogens (tertiary/aromatic N) is 1. The fraction of sp³-hybridized carbons (Fsp3) is 0.909. The van der Waals surface area contributed by atoms with E-state index in [1.807, 2.05) is 0 Å². The van der Waals surface area contributed by atoms with Gasteiger partial charge in [0.05, 0.1) is 11.0 Å². The molecular formula is C11H21NO3S. The fourth-order valence-electron chi connectivity index (χ4n) is 1.90. The first-order chi connectivity index (χ1) is 7.45. The Hall–Kier alpha value is -0.420. The third-order valence-electron chi connectivity index (χ3n) is 3.14. The van der Waals surface area contributed by atoms with Crippen LogP contribution in [0.15, 0.2) is 0 Å². The lowest BCUT2D eigenvalue weighted by Crippen LogP contribution is -2.39. The SMILES string of the molecule is CC(C)S(=O)(=O)CCN1CCCC(C=O)C1. The van der Waals surface area contributed by atoms with E-state index >= 15 is 0 Å². The average Bonchev–Trinajstić information content (AvgIpc) is 2.26. The minimum atomic E-state index is -2.95. The summed E-state index contributed by atoms with van der Waals surface area (Å²) in [7, 11) is -2.95. The predicted molar refractivity (Wildman–Crippen MR) is 64.2 cm³/mol. The van der Waals surface area contributed by atoms with Crippen molar-refractivity contribution in [1.29, 1.82) is 0 Å². The minimum Gasteiger partial charge on any atom is -0.303 e. The number of aldehydes is 1. The summed E-state index contributed by atoms with van der Waals surface area (Å²) >= 11 is 0. The van der Waals surface area contributed by atoms with Crippen LogP contribution in [0.2, 0.25) is 0 Å². The molecule has 1 rings (SSSR count). The Morgan fingerprint density at radius 2 is 2.12 bits per heavy atom. The fourth-order valence-corrected chi connectivity index (χ4v) is 2.88. The molecule has 1 fully saturated rings. The number of hydrogen-bond acceptors (Lipinski definition) is 4. The molecular weight excluding hydrogens is 226 g/mol. The zero-order valence-electron chi connectivity index (χ0n) is 10.1. The normalized spacial score (nSPS) is 23.6. The molecule has 1 heterocycles. The molecule has 0 aromatic carbocycles. The lowest BCUT2D eigenvalue weighted by Gasteiger charge is -2.30. The van der Waals surface area contributed by atoms with E-state index in [2.05, 4.69) is 4.90 Å². The van der Waals surface area contributed by atoms with Crippen LogP contribution < -0.4 is 0 Å². The topological polar surface area (TPSA) is 54.5 Å². The van der Waals surface area contributed by atoms with E-state index in [0.29, 0.717) is 6.54 Å². The standard InChI is InChI=1S/C11H21NO3S/c1-10(2)16(14,15)7-6-12-5-3-4-11(8-12)9-13/h9-11H,3-8H2,1-2H3. The molecule has 0 aromatic heterocycles. The summed E-state index contributed by atoms with van der Waals surface area (Å²) in [6, 6.07) is 0. The highest BCUT2D eigenvalue weighted by atomic mass is 32.2. The summed E-state index contributed by atoms with van der Waals surface area (Å²) in [5.74, 6) is 0.298. The van der Waals surface area contributed by atoms with Crippen LogP contribution in [0.3, 0.4) is 0 Å². The van der Waals surface area contributed by atoms with Crippen LogP contribution in [-0.2, 0) is 14.6 Å². The Bertz CT molecular complexity index is 324. The predicted octanol–water partition coefficient (Wildman–Crippen LogP) is 0.720. The molecule has 1 saturated heterocycles. The van der Waals surface area contributed by atoms with Crippen LogP contribution in [0.25, 0.3) is 0 Å². The van der Waals surface area contributed by atoms with Gasteiger partial charge in [0.15, 0.2) is 9.84 Å². The second-order valence-corrected chi connectivity index (χ2v) is 7.43. The summed E-state index contributed by atoms with van der Waals surface area (Å²) in [5, 5.41) is -0.306. The summed E-state index contributed by atoms with van der Waals surface area (Å²) < 4.78 is 23.3. The van der Waals surface area contributed by atoms with Crippen LogP contribution in [0.5, 0.6) is 0 Å². The van der Waals surface area contributed by atoms with Gasteiger partial charge in [0.25, 0.3) is 0 Å². The second-order valence-electron chi connectivity index (χ2n) is 4.75.